The molecule has 0 aliphatic heterocycles. The summed E-state index contributed by atoms with van der Waals surface area (Å²) in [5, 5.41) is 8.80. The average Bonchev–Trinajstić information content (AvgIpc) is 2.62. The monoisotopic (exact) mass is 409 g/mol. The van der Waals surface area contributed by atoms with E-state index in [0.717, 1.165) is 34.5 Å². The fourth-order valence-electron chi connectivity index (χ4n) is 2.45. The van der Waals surface area contributed by atoms with Gasteiger partial charge < -0.3 is 0 Å². The average molecular weight is 410 g/mol. The lowest BCUT2D eigenvalue weighted by molar-refractivity contribution is -0.137. The largest absolute Gasteiger partial charge is 0.416 e. The van der Waals surface area contributed by atoms with Gasteiger partial charge in [-0.15, -0.1) is 0 Å². The first-order valence-corrected chi connectivity index (χ1v) is 8.93. The molecule has 0 aliphatic rings. The Balaban J connectivity index is 2.36. The van der Waals surface area contributed by atoms with Crippen molar-refractivity contribution in [2.75, 3.05) is 0 Å². The summed E-state index contributed by atoms with van der Waals surface area (Å²) in [5.41, 5.74) is -1.25. The van der Waals surface area contributed by atoms with Gasteiger partial charge in [-0.3, -0.25) is 9.36 Å². The Morgan fingerprint density at radius 2 is 1.96 bits per heavy atom. The van der Waals surface area contributed by atoms with Gasteiger partial charge in [0.1, 0.15) is 0 Å². The van der Waals surface area contributed by atoms with Gasteiger partial charge >= 0.3 is 6.18 Å². The highest BCUT2D eigenvalue weighted by Gasteiger charge is 2.31. The number of fused-ring (bicyclic) bond motifs is 1. The fraction of sp³-hybridized carbons (Fsp3) is 0.167. The SMILES string of the molecule is C[C@H](C#N)Sc1nc2ccccc2c(=O)n1-c1cc(C(F)(F)F)ccc1Cl. The van der Waals surface area contributed by atoms with Crippen LogP contribution in [0.3, 0.4) is 0 Å². The van der Waals surface area contributed by atoms with E-state index in [-0.39, 0.29) is 21.3 Å². The molecule has 0 unspecified atom stereocenters. The van der Waals surface area contributed by atoms with E-state index in [1.165, 1.54) is 6.07 Å². The smallest absolute Gasteiger partial charge is 0.268 e. The number of nitrogens with zero attached hydrogens (tertiary/aromatic N) is 3. The molecule has 1 heterocycles. The molecule has 138 valence electrons. The van der Waals surface area contributed by atoms with Crippen molar-refractivity contribution in [3.63, 3.8) is 0 Å². The van der Waals surface area contributed by atoms with Crippen LogP contribution in [0.1, 0.15) is 12.5 Å². The van der Waals surface area contributed by atoms with Gasteiger partial charge in [-0.25, -0.2) is 4.98 Å². The third kappa shape index (κ3) is 3.80. The number of thioether (sulfide) groups is 1. The van der Waals surface area contributed by atoms with Crippen molar-refractivity contribution < 1.29 is 13.2 Å². The lowest BCUT2D eigenvalue weighted by Gasteiger charge is -2.16. The normalized spacial score (nSPS) is 12.7. The van der Waals surface area contributed by atoms with Crippen LogP contribution in [-0.2, 0) is 6.18 Å². The van der Waals surface area contributed by atoms with Crippen LogP contribution >= 0.6 is 23.4 Å². The summed E-state index contributed by atoms with van der Waals surface area (Å²) in [7, 11) is 0. The van der Waals surface area contributed by atoms with E-state index in [9.17, 15) is 18.0 Å². The van der Waals surface area contributed by atoms with E-state index in [4.69, 9.17) is 16.9 Å². The van der Waals surface area contributed by atoms with Gasteiger partial charge in [-0.05, 0) is 37.3 Å². The molecule has 0 saturated heterocycles. The Hall–Kier alpha value is -2.50. The number of para-hydroxylation sites is 1. The van der Waals surface area contributed by atoms with Crippen molar-refractivity contribution in [3.8, 4) is 11.8 Å². The maximum absolute atomic E-state index is 13.1. The van der Waals surface area contributed by atoms with Crippen LogP contribution in [0.2, 0.25) is 5.02 Å². The molecule has 0 N–H and O–H groups in total. The number of benzene rings is 2. The highest BCUT2D eigenvalue weighted by atomic mass is 35.5. The predicted octanol–water partition coefficient (Wildman–Crippen LogP) is 5.06. The zero-order chi connectivity index (χ0) is 19.8. The molecule has 3 aromatic rings. The second kappa shape index (κ2) is 7.25. The Bertz CT molecular complexity index is 1120. The summed E-state index contributed by atoms with van der Waals surface area (Å²) in [4.78, 5) is 17.4. The van der Waals surface area contributed by atoms with Gasteiger partial charge in [0.15, 0.2) is 5.16 Å². The minimum atomic E-state index is -4.60. The lowest BCUT2D eigenvalue weighted by Crippen LogP contribution is -2.23. The molecule has 4 nitrogen and oxygen atoms in total. The van der Waals surface area contributed by atoms with Crippen LogP contribution in [0.4, 0.5) is 13.2 Å². The fourth-order valence-corrected chi connectivity index (χ4v) is 3.46. The second-order valence-corrected chi connectivity index (χ2v) is 7.32. The quantitative estimate of drug-likeness (QED) is 0.448. The number of rotatable bonds is 3. The van der Waals surface area contributed by atoms with Crippen molar-refractivity contribution in [3.05, 3.63) is 63.4 Å². The van der Waals surface area contributed by atoms with Crippen molar-refractivity contribution >= 4 is 34.3 Å². The summed E-state index contributed by atoms with van der Waals surface area (Å²) in [5.74, 6) is 0. The maximum Gasteiger partial charge on any atom is 0.416 e. The van der Waals surface area contributed by atoms with E-state index < -0.39 is 22.5 Å². The molecule has 2 aromatic carbocycles. The van der Waals surface area contributed by atoms with Crippen LogP contribution in [0.15, 0.2) is 52.4 Å². The number of nitriles is 1. The van der Waals surface area contributed by atoms with Gasteiger partial charge in [0.2, 0.25) is 0 Å². The van der Waals surface area contributed by atoms with Gasteiger partial charge in [-0.2, -0.15) is 18.4 Å². The Kier molecular flexibility index (Phi) is 5.18. The highest BCUT2D eigenvalue weighted by Crippen LogP contribution is 2.34. The molecule has 0 spiro atoms. The molecule has 27 heavy (non-hydrogen) atoms. The zero-order valence-electron chi connectivity index (χ0n) is 13.8. The third-order valence-electron chi connectivity index (χ3n) is 3.72. The van der Waals surface area contributed by atoms with Gasteiger partial charge in [-0.1, -0.05) is 35.5 Å². The van der Waals surface area contributed by atoms with Crippen LogP contribution in [0.5, 0.6) is 0 Å². The van der Waals surface area contributed by atoms with Gasteiger partial charge in [0.05, 0.1) is 38.5 Å². The predicted molar refractivity (Wildman–Crippen MR) is 98.3 cm³/mol. The van der Waals surface area contributed by atoms with Gasteiger partial charge in [0, 0.05) is 0 Å². The molecule has 0 radical (unpaired) electrons. The Morgan fingerprint density at radius 1 is 1.26 bits per heavy atom. The molecule has 0 bridgehead atoms. The molecule has 1 atom stereocenters. The molecular weight excluding hydrogens is 399 g/mol. The van der Waals surface area contributed by atoms with Crippen molar-refractivity contribution in [1.29, 1.82) is 5.26 Å². The molecule has 0 aliphatic carbocycles. The standard InChI is InChI=1S/C18H11ClF3N3OS/c1-10(9-23)27-17-24-14-5-3-2-4-12(14)16(26)25(17)15-8-11(18(20,21)22)6-7-13(15)19/h2-8,10H,1H3/t10-/m1/s1. The summed E-state index contributed by atoms with van der Waals surface area (Å²) in [6, 6.07) is 11.2. The van der Waals surface area contributed by atoms with Crippen molar-refractivity contribution in [1.82, 2.24) is 9.55 Å². The summed E-state index contributed by atoms with van der Waals surface area (Å²) < 4.78 is 40.4. The van der Waals surface area contributed by atoms with Crippen LogP contribution in [0.25, 0.3) is 16.6 Å². The molecule has 0 amide bonds. The van der Waals surface area contributed by atoms with E-state index in [1.807, 2.05) is 6.07 Å². The summed E-state index contributed by atoms with van der Waals surface area (Å²) >= 11 is 7.08. The number of hydrogen-bond acceptors (Lipinski definition) is 4. The maximum atomic E-state index is 13.1. The summed E-state index contributed by atoms with van der Waals surface area (Å²) in [6.45, 7) is 1.60. The van der Waals surface area contributed by atoms with E-state index in [2.05, 4.69) is 4.98 Å². The van der Waals surface area contributed by atoms with E-state index in [1.54, 1.807) is 25.1 Å². The molecule has 1 aromatic heterocycles. The highest BCUT2D eigenvalue weighted by molar-refractivity contribution is 8.00. The number of aromatic nitrogens is 2. The molecular formula is C18H11ClF3N3OS. The first kappa shape index (κ1) is 19.3. The summed E-state index contributed by atoms with van der Waals surface area (Å²) in [6.07, 6.45) is -4.60. The third-order valence-corrected chi connectivity index (χ3v) is 4.99. The Labute approximate surface area is 161 Å². The molecule has 0 saturated carbocycles. The van der Waals surface area contributed by atoms with Crippen molar-refractivity contribution in [2.45, 2.75) is 23.5 Å². The van der Waals surface area contributed by atoms with Crippen LogP contribution in [0, 0.1) is 11.3 Å². The number of hydrogen-bond donors (Lipinski definition) is 0. The van der Waals surface area contributed by atoms with Crippen LogP contribution < -0.4 is 5.56 Å². The number of alkyl halides is 3. The second-order valence-electron chi connectivity index (χ2n) is 5.61. The molecule has 9 heteroatoms. The number of halogens is 4. The minimum Gasteiger partial charge on any atom is -0.268 e. The minimum absolute atomic E-state index is 0.0337. The van der Waals surface area contributed by atoms with E-state index >= 15 is 0 Å². The zero-order valence-corrected chi connectivity index (χ0v) is 15.4. The first-order valence-electron chi connectivity index (χ1n) is 7.67. The Morgan fingerprint density at radius 3 is 2.63 bits per heavy atom. The lowest BCUT2D eigenvalue weighted by atomic mass is 10.2. The topological polar surface area (TPSA) is 58.7 Å². The molecule has 0 fully saturated rings. The van der Waals surface area contributed by atoms with Crippen LogP contribution in [-0.4, -0.2) is 14.8 Å². The van der Waals surface area contributed by atoms with E-state index in [0.29, 0.717) is 5.52 Å². The molecule has 3 rings (SSSR count). The van der Waals surface area contributed by atoms with Gasteiger partial charge in [0.25, 0.3) is 5.56 Å². The first-order chi connectivity index (χ1) is 12.7. The van der Waals surface area contributed by atoms with Crippen molar-refractivity contribution in [2.24, 2.45) is 0 Å².